The van der Waals surface area contributed by atoms with Crippen molar-refractivity contribution < 1.29 is 147 Å². The standard InChI is InChI=1S/C74H127N3O31/c1-74(2,3)108-72(81)76-62-69(77-73(82)107-63-68-66-10-6-4-8-64(66)65-9-5-7-11-67(65)68)71(80)75-13-15-84-17-19-86-21-23-88-25-27-90-29-31-92-33-35-94-37-39-96-41-43-98-45-47-100-49-51-102-53-55-104-57-59-106-61-60-105-58-56-103-54-52-101-50-48-99-46-44-97-42-40-95-38-36-93-34-32-91-30-28-89-26-24-87-22-20-85-18-16-83-14-12-70(78)79/h4-11,68-69H,12-63H2,1-3H3,(H,75,80)(H,76,81)(H,77,82)(H,78,79). The minimum atomic E-state index is -1.15. The molecule has 0 aromatic heterocycles. The summed E-state index contributed by atoms with van der Waals surface area (Å²) in [7, 11) is 0. The lowest BCUT2D eigenvalue weighted by Crippen LogP contribution is -2.53. The number of hydrogen-bond donors (Lipinski definition) is 4. The summed E-state index contributed by atoms with van der Waals surface area (Å²) in [5.41, 5.74) is 3.54. The number of carbonyl (C=O) groups excluding carboxylic acids is 3. The number of nitrogens with one attached hydrogen (secondary N) is 3. The van der Waals surface area contributed by atoms with Crippen molar-refractivity contribution in [1.29, 1.82) is 0 Å². The Morgan fingerprint density at radius 3 is 0.796 bits per heavy atom. The van der Waals surface area contributed by atoms with E-state index in [2.05, 4.69) is 16.0 Å². The van der Waals surface area contributed by atoms with Gasteiger partial charge in [0, 0.05) is 12.5 Å². The molecule has 34 nitrogen and oxygen atoms in total. The van der Waals surface area contributed by atoms with Gasteiger partial charge in [0.25, 0.3) is 0 Å². The van der Waals surface area contributed by atoms with Gasteiger partial charge in [-0.2, -0.15) is 0 Å². The third-order valence-electron chi connectivity index (χ3n) is 14.4. The molecule has 1 aliphatic rings. The molecule has 3 rings (SSSR count). The smallest absolute Gasteiger partial charge is 0.407 e. The molecule has 0 saturated carbocycles. The zero-order valence-corrected chi connectivity index (χ0v) is 64.2. The molecule has 0 bridgehead atoms. The Morgan fingerprint density at radius 1 is 0.324 bits per heavy atom. The molecule has 0 spiro atoms. The lowest BCUT2D eigenvalue weighted by molar-refractivity contribution is -0.138. The molecule has 1 aliphatic carbocycles. The summed E-state index contributed by atoms with van der Waals surface area (Å²) in [6.07, 6.45) is -1.54. The number of amides is 3. The number of benzene rings is 2. The number of carbonyl (C=O) groups is 4. The molecule has 108 heavy (non-hydrogen) atoms. The molecule has 4 N–H and O–H groups in total. The van der Waals surface area contributed by atoms with Crippen LogP contribution in [0.5, 0.6) is 0 Å². The Balaban J connectivity index is 0.908. The average Bonchev–Trinajstić information content (AvgIpc) is 1.62. The van der Waals surface area contributed by atoms with Gasteiger partial charge in [0.1, 0.15) is 18.2 Å². The number of carboxylic acids is 1. The van der Waals surface area contributed by atoms with Crippen molar-refractivity contribution in [3.63, 3.8) is 0 Å². The van der Waals surface area contributed by atoms with Gasteiger partial charge < -0.3 is 144 Å². The number of carboxylic acid groups (broad SMARTS) is 1. The number of aliphatic carboxylic acids is 1. The minimum absolute atomic E-state index is 0.0139. The molecule has 2 aromatic rings. The van der Waals surface area contributed by atoms with Crippen molar-refractivity contribution in [1.82, 2.24) is 16.0 Å². The van der Waals surface area contributed by atoms with Crippen LogP contribution in [0, 0.1) is 0 Å². The fourth-order valence-corrected chi connectivity index (χ4v) is 9.18. The summed E-state index contributed by atoms with van der Waals surface area (Å²) in [5, 5.41) is 16.4. The van der Waals surface area contributed by atoms with Crippen LogP contribution in [-0.4, -0.2) is 378 Å². The van der Waals surface area contributed by atoms with Crippen LogP contribution in [0.1, 0.15) is 44.2 Å². The van der Waals surface area contributed by atoms with Crippen molar-refractivity contribution in [2.45, 2.75) is 44.8 Å². The largest absolute Gasteiger partial charge is 0.481 e. The van der Waals surface area contributed by atoms with Gasteiger partial charge in [0.05, 0.1) is 330 Å². The van der Waals surface area contributed by atoms with E-state index in [-0.39, 0.29) is 45.2 Å². The molecule has 3 amide bonds. The Kier molecular flexibility index (Phi) is 65.0. The van der Waals surface area contributed by atoms with E-state index >= 15 is 0 Å². The van der Waals surface area contributed by atoms with Gasteiger partial charge in [-0.05, 0) is 43.0 Å². The van der Waals surface area contributed by atoms with Crippen LogP contribution >= 0.6 is 0 Å². The van der Waals surface area contributed by atoms with E-state index < -0.39 is 35.7 Å². The molecule has 624 valence electrons. The summed E-state index contributed by atoms with van der Waals surface area (Å²) in [5.74, 6) is -1.58. The quantitative estimate of drug-likeness (QED) is 0.0689. The van der Waals surface area contributed by atoms with Gasteiger partial charge in [-0.1, -0.05) is 48.5 Å². The van der Waals surface area contributed by atoms with Crippen LogP contribution in [0.15, 0.2) is 48.5 Å². The lowest BCUT2D eigenvalue weighted by atomic mass is 9.98. The highest BCUT2D eigenvalue weighted by Crippen LogP contribution is 2.44. The monoisotopic (exact) mass is 1550 g/mol. The first-order valence-electron chi connectivity index (χ1n) is 37.5. The van der Waals surface area contributed by atoms with E-state index in [9.17, 15) is 19.2 Å². The van der Waals surface area contributed by atoms with Gasteiger partial charge in [-0.15, -0.1) is 0 Å². The molecule has 0 radical (unpaired) electrons. The van der Waals surface area contributed by atoms with Gasteiger partial charge in [0.2, 0.25) is 5.91 Å². The van der Waals surface area contributed by atoms with Crippen molar-refractivity contribution in [2.24, 2.45) is 0 Å². The number of fused-ring (bicyclic) bond motifs is 3. The summed E-state index contributed by atoms with van der Waals surface area (Å²) in [6, 6.07) is 14.8. The Labute approximate surface area is 637 Å². The Morgan fingerprint density at radius 2 is 0.556 bits per heavy atom. The summed E-state index contributed by atoms with van der Waals surface area (Å²) in [4.78, 5) is 49.1. The normalized spacial score (nSPS) is 12.4. The van der Waals surface area contributed by atoms with Crippen LogP contribution in [0.3, 0.4) is 0 Å². The maximum Gasteiger partial charge on any atom is 0.407 e. The number of alkyl carbamates (subject to hydrolysis) is 2. The SMILES string of the molecule is CC(C)(C)OC(=O)NCC(NC(=O)OCC1c2ccccc2-c2ccccc21)C(=O)NCCOCCOCCOCCOCCOCCOCCOCCOCCOCCOCCOCCOCCOCCOCCOCCOCCOCCOCCOCCOCCOCCOCCOCCOCCC(=O)O. The fourth-order valence-electron chi connectivity index (χ4n) is 9.18. The first-order valence-corrected chi connectivity index (χ1v) is 37.5. The van der Waals surface area contributed by atoms with Crippen molar-refractivity contribution in [3.8, 4) is 11.1 Å². The first-order chi connectivity index (χ1) is 53.0. The van der Waals surface area contributed by atoms with Crippen molar-refractivity contribution in [2.75, 3.05) is 337 Å². The maximum absolute atomic E-state index is 13.2. The third-order valence-corrected chi connectivity index (χ3v) is 14.4. The second-order valence-corrected chi connectivity index (χ2v) is 24.0. The minimum Gasteiger partial charge on any atom is -0.481 e. The second-order valence-electron chi connectivity index (χ2n) is 24.0. The zero-order chi connectivity index (χ0) is 77.2. The Hall–Kier alpha value is -5.04. The molecular weight excluding hydrogens is 1430 g/mol. The summed E-state index contributed by atoms with van der Waals surface area (Å²) < 4.78 is 143. The van der Waals surface area contributed by atoms with E-state index in [4.69, 9.17) is 128 Å². The summed E-state index contributed by atoms with van der Waals surface area (Å²) in [6.45, 7) is 26.0. The van der Waals surface area contributed by atoms with E-state index in [0.717, 1.165) is 22.3 Å². The van der Waals surface area contributed by atoms with E-state index in [0.29, 0.717) is 304 Å². The third kappa shape index (κ3) is 59.7. The molecular formula is C74H127N3O31. The van der Waals surface area contributed by atoms with Gasteiger partial charge in [-0.25, -0.2) is 9.59 Å². The number of ether oxygens (including phenoxy) is 26. The highest BCUT2D eigenvalue weighted by Gasteiger charge is 2.30. The highest BCUT2D eigenvalue weighted by atomic mass is 16.6. The molecule has 2 aromatic carbocycles. The summed E-state index contributed by atoms with van der Waals surface area (Å²) >= 11 is 0. The molecule has 1 atom stereocenters. The fraction of sp³-hybridized carbons (Fsp3) is 0.784. The maximum atomic E-state index is 13.2. The average molecular weight is 1550 g/mol. The van der Waals surface area contributed by atoms with Crippen LogP contribution in [0.2, 0.25) is 0 Å². The van der Waals surface area contributed by atoms with Crippen LogP contribution in [0.4, 0.5) is 9.59 Å². The predicted molar refractivity (Wildman–Crippen MR) is 391 cm³/mol. The van der Waals surface area contributed by atoms with E-state index in [1.54, 1.807) is 20.8 Å². The lowest BCUT2D eigenvalue weighted by Gasteiger charge is -2.22. The van der Waals surface area contributed by atoms with Gasteiger partial charge in [0.15, 0.2) is 0 Å². The predicted octanol–water partition coefficient (Wildman–Crippen LogP) is 3.41. The zero-order valence-electron chi connectivity index (χ0n) is 64.2. The van der Waals surface area contributed by atoms with Crippen LogP contribution in [-0.2, 0) is 133 Å². The highest BCUT2D eigenvalue weighted by molar-refractivity contribution is 5.86. The number of hydrogen-bond acceptors (Lipinski definition) is 30. The number of rotatable bonds is 81. The molecule has 0 saturated heterocycles. The molecule has 0 fully saturated rings. The van der Waals surface area contributed by atoms with Crippen LogP contribution < -0.4 is 16.0 Å². The van der Waals surface area contributed by atoms with Crippen LogP contribution in [0.25, 0.3) is 11.1 Å². The van der Waals surface area contributed by atoms with Crippen molar-refractivity contribution >= 4 is 24.1 Å². The van der Waals surface area contributed by atoms with E-state index in [1.165, 1.54) is 0 Å². The van der Waals surface area contributed by atoms with E-state index in [1.807, 2.05) is 48.5 Å². The topological polar surface area (TPSA) is 365 Å². The first kappa shape index (κ1) is 97.2. The second kappa shape index (κ2) is 72.2. The van der Waals surface area contributed by atoms with Gasteiger partial charge in [-0.3, -0.25) is 9.59 Å². The molecule has 0 heterocycles. The van der Waals surface area contributed by atoms with Crippen molar-refractivity contribution in [3.05, 3.63) is 59.7 Å². The Bertz CT molecular complexity index is 2360. The van der Waals surface area contributed by atoms with Gasteiger partial charge >= 0.3 is 18.2 Å². The molecule has 1 unspecified atom stereocenters. The molecule has 34 heteroatoms. The molecule has 0 aliphatic heterocycles.